The van der Waals surface area contributed by atoms with E-state index in [1.807, 2.05) is 11.8 Å². The van der Waals surface area contributed by atoms with Crippen molar-refractivity contribution in [3.63, 3.8) is 0 Å². The molecule has 4 aliphatic rings. The first-order valence-corrected chi connectivity index (χ1v) is 36.5. The van der Waals surface area contributed by atoms with E-state index in [0.29, 0.717) is 0 Å². The number of anilines is 12. The van der Waals surface area contributed by atoms with Crippen molar-refractivity contribution in [1.29, 1.82) is 0 Å². The molecule has 104 heavy (non-hydrogen) atoms. The summed E-state index contributed by atoms with van der Waals surface area (Å²) < 4.78 is 7.30. The second-order valence-corrected chi connectivity index (χ2v) is 28.2. The van der Waals surface area contributed by atoms with Gasteiger partial charge in [-0.2, -0.15) is 0 Å². The summed E-state index contributed by atoms with van der Waals surface area (Å²) in [6.07, 6.45) is 0. The van der Waals surface area contributed by atoms with Gasteiger partial charge in [-0.25, -0.2) is 0 Å². The van der Waals surface area contributed by atoms with E-state index in [1.54, 1.807) is 0 Å². The molecule has 0 amide bonds. The van der Waals surface area contributed by atoms with Crippen molar-refractivity contribution >= 4 is 126 Å². The van der Waals surface area contributed by atoms with Crippen LogP contribution in [0.3, 0.4) is 0 Å². The van der Waals surface area contributed by atoms with Crippen molar-refractivity contribution in [3.05, 3.63) is 388 Å². The van der Waals surface area contributed by atoms with Crippen molar-refractivity contribution in [1.82, 2.24) is 0 Å². The normalized spacial score (nSPS) is 12.6. The Morgan fingerprint density at radius 1 is 0.231 bits per heavy atom. The average Bonchev–Trinajstić information content (AvgIpc) is 0.689. The van der Waals surface area contributed by atoms with Gasteiger partial charge in [-0.3, -0.25) is 0 Å². The molecule has 0 saturated carbocycles. The lowest BCUT2D eigenvalue weighted by Crippen LogP contribution is -2.64. The first-order chi connectivity index (χ1) is 51.6. The number of fused-ring (bicyclic) bond motifs is 8. The van der Waals surface area contributed by atoms with Gasteiger partial charge in [0.25, 0.3) is 13.4 Å². The molecule has 0 bridgehead atoms. The van der Waals surface area contributed by atoms with Crippen LogP contribution in [-0.4, -0.2) is 13.4 Å². The Balaban J connectivity index is 0.825. The maximum Gasteiger partial charge on any atom is 0.253 e. The van der Waals surface area contributed by atoms with Crippen LogP contribution in [0.5, 0.6) is 11.5 Å². The van der Waals surface area contributed by atoms with E-state index in [0.717, 1.165) is 123 Å². The Kier molecular flexibility index (Phi) is 15.0. The molecule has 0 unspecified atom stereocenters. The minimum Gasteiger partial charge on any atom is -0.458 e. The number of hydrogen-bond donors (Lipinski definition) is 0. The third kappa shape index (κ3) is 10.5. The van der Waals surface area contributed by atoms with Crippen LogP contribution < -0.4 is 57.1 Å². The zero-order valence-electron chi connectivity index (χ0n) is 56.7. The molecule has 4 heterocycles. The molecule has 16 aromatic carbocycles. The van der Waals surface area contributed by atoms with E-state index in [-0.39, 0.29) is 13.4 Å². The lowest BCUT2D eigenvalue weighted by Gasteiger charge is -2.46. The van der Waals surface area contributed by atoms with Crippen LogP contribution in [0.15, 0.2) is 398 Å². The standard InChI is InChI=1S/C96H64B2N4OS/c1-7-25-65(26-8-1)69-43-51-75(52-44-69)99(76-53-45-70(46-54-76)66-27-9-2-10-28-66)79-59-89-95-90(60-79)102(86-40-22-19-37-81(86)73-33-15-5-16-34-73)88-64-93-85(63-84(88)97(95)82-38-20-23-41-87(82)101(89)74-35-17-6-18-36-74)98-83-39-21-24-42-91(83)103-92-61-80(62-94(104-93)96(92)98)100(77-55-47-71(48-56-77)67-29-11-3-12-30-67)78-57-49-72(50-58-78)68-31-13-4-14-32-68/h1-64H. The Morgan fingerprint density at radius 2 is 0.625 bits per heavy atom. The van der Waals surface area contributed by atoms with Gasteiger partial charge >= 0.3 is 0 Å². The lowest BCUT2D eigenvalue weighted by atomic mass is 9.31. The van der Waals surface area contributed by atoms with Gasteiger partial charge in [0.05, 0.1) is 17.1 Å². The van der Waals surface area contributed by atoms with Crippen LogP contribution in [0.2, 0.25) is 0 Å². The van der Waals surface area contributed by atoms with Gasteiger partial charge in [0.15, 0.2) is 0 Å². The third-order valence-corrected chi connectivity index (χ3v) is 22.3. The Bertz CT molecular complexity index is 5750. The summed E-state index contributed by atoms with van der Waals surface area (Å²) in [6, 6.07) is 143. The molecule has 0 aliphatic carbocycles. The van der Waals surface area contributed by atoms with Crippen LogP contribution in [0, 0.1) is 0 Å². The second-order valence-electron chi connectivity index (χ2n) is 27.1. The number of nitrogens with zero attached hydrogens (tertiary/aromatic N) is 4. The minimum atomic E-state index is -0.187. The molecule has 20 rings (SSSR count). The molecule has 5 nitrogen and oxygen atoms in total. The van der Waals surface area contributed by atoms with Gasteiger partial charge in [-0.1, -0.05) is 296 Å². The van der Waals surface area contributed by atoms with Crippen LogP contribution in [0.25, 0.3) is 55.6 Å². The summed E-state index contributed by atoms with van der Waals surface area (Å²) in [5.74, 6) is 1.72. The van der Waals surface area contributed by atoms with Gasteiger partial charge < -0.3 is 24.3 Å². The van der Waals surface area contributed by atoms with Crippen molar-refractivity contribution in [2.45, 2.75) is 9.79 Å². The van der Waals surface area contributed by atoms with Gasteiger partial charge in [0.1, 0.15) is 11.5 Å². The zero-order chi connectivity index (χ0) is 68.6. The van der Waals surface area contributed by atoms with Crippen LogP contribution in [0.1, 0.15) is 0 Å². The lowest BCUT2D eigenvalue weighted by molar-refractivity contribution is 0.486. The van der Waals surface area contributed by atoms with Crippen molar-refractivity contribution in [2.75, 3.05) is 19.6 Å². The highest BCUT2D eigenvalue weighted by atomic mass is 32.2. The molecular formula is C96H64B2N4OS. The monoisotopic (exact) mass is 1340 g/mol. The minimum absolute atomic E-state index is 0.146. The molecule has 0 aromatic heterocycles. The number of benzene rings is 16. The van der Waals surface area contributed by atoms with E-state index < -0.39 is 0 Å². The highest BCUT2D eigenvalue weighted by molar-refractivity contribution is 8.00. The van der Waals surface area contributed by atoms with E-state index in [9.17, 15) is 0 Å². The number of rotatable bonds is 13. The molecule has 486 valence electrons. The molecule has 0 atom stereocenters. The van der Waals surface area contributed by atoms with Gasteiger partial charge in [-0.15, -0.1) is 0 Å². The van der Waals surface area contributed by atoms with Crippen LogP contribution in [-0.2, 0) is 0 Å². The van der Waals surface area contributed by atoms with Gasteiger partial charge in [0.2, 0.25) is 0 Å². The van der Waals surface area contributed by atoms with Crippen molar-refractivity contribution in [3.8, 4) is 67.1 Å². The number of ether oxygens (including phenoxy) is 1. The maximum absolute atomic E-state index is 7.30. The quantitative estimate of drug-likeness (QED) is 0.107. The molecule has 0 radical (unpaired) electrons. The molecule has 0 fully saturated rings. The molecule has 0 saturated heterocycles. The summed E-state index contributed by atoms with van der Waals surface area (Å²) >= 11 is 1.86. The SMILES string of the molecule is c1ccc(-c2ccc(N(c3ccc(-c4ccccc4)cc3)c3cc4c5c(c3)Sc3cc6c(cc3B5c3ccccc3O4)B3c4ccccc4N(c4ccccc4)c4cc(N(c5ccc(-c7ccccc7)cc5)c5ccc(-c7ccccc7)cc5)cc(c43)N6c3ccccc3-c3ccccc3)cc2)cc1. The molecule has 8 heteroatoms. The Hall–Kier alpha value is -13.0. The third-order valence-electron chi connectivity index (χ3n) is 21.1. The predicted molar refractivity (Wildman–Crippen MR) is 439 cm³/mol. The largest absolute Gasteiger partial charge is 0.458 e. The molecule has 4 aliphatic heterocycles. The fourth-order valence-corrected chi connectivity index (χ4v) is 17.6. The molecule has 0 spiro atoms. The maximum atomic E-state index is 7.30. The number of hydrogen-bond acceptors (Lipinski definition) is 6. The van der Waals surface area contributed by atoms with Crippen LogP contribution >= 0.6 is 11.8 Å². The zero-order valence-corrected chi connectivity index (χ0v) is 57.5. The van der Waals surface area contributed by atoms with Gasteiger partial charge in [0, 0.05) is 72.6 Å². The Morgan fingerprint density at radius 3 is 1.13 bits per heavy atom. The molecule has 16 aromatic rings. The van der Waals surface area contributed by atoms with E-state index >= 15 is 0 Å². The highest BCUT2D eigenvalue weighted by Crippen LogP contribution is 2.52. The van der Waals surface area contributed by atoms with Crippen molar-refractivity contribution < 1.29 is 4.74 Å². The molecule has 0 N–H and O–H groups in total. The molecular weight excluding hydrogens is 1280 g/mol. The van der Waals surface area contributed by atoms with Crippen LogP contribution in [0.4, 0.5) is 68.2 Å². The summed E-state index contributed by atoms with van der Waals surface area (Å²) in [7, 11) is 0. The van der Waals surface area contributed by atoms with Gasteiger partial charge in [-0.05, 0) is 181 Å². The fourth-order valence-electron chi connectivity index (χ4n) is 16.4. The van der Waals surface area contributed by atoms with E-state index in [4.69, 9.17) is 4.74 Å². The van der Waals surface area contributed by atoms with E-state index in [1.165, 1.54) is 54.5 Å². The summed E-state index contributed by atoms with van der Waals surface area (Å²) in [5, 5.41) is 0. The fraction of sp³-hybridized carbons (Fsp3) is 0. The topological polar surface area (TPSA) is 22.2 Å². The number of para-hydroxylation sites is 4. The first kappa shape index (κ1) is 60.9. The second kappa shape index (κ2) is 25.6. The van der Waals surface area contributed by atoms with Crippen molar-refractivity contribution in [2.24, 2.45) is 0 Å². The smallest absolute Gasteiger partial charge is 0.253 e. The Labute approximate surface area is 611 Å². The van der Waals surface area contributed by atoms with E-state index in [2.05, 4.69) is 408 Å². The highest BCUT2D eigenvalue weighted by Gasteiger charge is 2.47. The summed E-state index contributed by atoms with van der Waals surface area (Å²) in [5.41, 5.74) is 31.8. The predicted octanol–water partition coefficient (Wildman–Crippen LogP) is 22.1. The first-order valence-electron chi connectivity index (χ1n) is 35.7. The average molecular weight is 1340 g/mol. The summed E-state index contributed by atoms with van der Waals surface area (Å²) in [6.45, 7) is -0.333. The summed E-state index contributed by atoms with van der Waals surface area (Å²) in [4.78, 5) is 12.4.